The van der Waals surface area contributed by atoms with E-state index < -0.39 is 0 Å². The lowest BCUT2D eigenvalue weighted by atomic mass is 9.94. The van der Waals surface area contributed by atoms with Crippen molar-refractivity contribution in [3.05, 3.63) is 34.3 Å². The number of hydrogen-bond donors (Lipinski definition) is 1. The first-order valence-corrected chi connectivity index (χ1v) is 8.62. The molecule has 2 rings (SSSR count). The highest BCUT2D eigenvalue weighted by molar-refractivity contribution is 9.10. The van der Waals surface area contributed by atoms with Crippen LogP contribution in [0.25, 0.3) is 0 Å². The molecule has 112 valence electrons. The molecular weight excluding hydrogens is 314 g/mol. The molecule has 1 aromatic rings. The average molecular weight is 340 g/mol. The van der Waals surface area contributed by atoms with E-state index in [1.165, 1.54) is 37.7 Å². The maximum Gasteiger partial charge on any atom is 0.0466 e. The molecule has 1 aliphatic carbocycles. The van der Waals surface area contributed by atoms with Gasteiger partial charge in [-0.05, 0) is 69.2 Å². The van der Waals surface area contributed by atoms with Gasteiger partial charge >= 0.3 is 0 Å². The number of nitrogens with one attached hydrogen (secondary N) is 1. The van der Waals surface area contributed by atoms with E-state index in [-0.39, 0.29) is 0 Å². The maximum absolute atomic E-state index is 5.46. The summed E-state index contributed by atoms with van der Waals surface area (Å²) in [5.41, 5.74) is 1.44. The summed E-state index contributed by atoms with van der Waals surface area (Å²) in [6, 6.07) is 9.55. The minimum absolute atomic E-state index is 0.720. The molecule has 0 bridgehead atoms. The van der Waals surface area contributed by atoms with E-state index in [1.807, 2.05) is 0 Å². The highest BCUT2D eigenvalue weighted by atomic mass is 79.9. The molecule has 1 fully saturated rings. The van der Waals surface area contributed by atoms with Gasteiger partial charge in [0.25, 0.3) is 0 Å². The second-order valence-electron chi connectivity index (χ2n) is 5.72. The van der Waals surface area contributed by atoms with Crippen molar-refractivity contribution in [3.8, 4) is 0 Å². The second-order valence-corrected chi connectivity index (χ2v) is 6.63. The SMILES string of the molecule is CCOCCCC(CNC1CC1)Cc1ccc(Br)cc1. The largest absolute Gasteiger partial charge is 0.382 e. The lowest BCUT2D eigenvalue weighted by molar-refractivity contribution is 0.139. The summed E-state index contributed by atoms with van der Waals surface area (Å²) in [6.45, 7) is 4.94. The van der Waals surface area contributed by atoms with Crippen molar-refractivity contribution in [2.45, 2.75) is 45.1 Å². The van der Waals surface area contributed by atoms with Crippen LogP contribution in [0.3, 0.4) is 0 Å². The van der Waals surface area contributed by atoms with Crippen molar-refractivity contribution in [1.82, 2.24) is 5.32 Å². The molecule has 1 atom stereocenters. The lowest BCUT2D eigenvalue weighted by Crippen LogP contribution is -2.26. The Balaban J connectivity index is 1.78. The van der Waals surface area contributed by atoms with Crippen molar-refractivity contribution >= 4 is 15.9 Å². The van der Waals surface area contributed by atoms with Gasteiger partial charge in [0.05, 0.1) is 0 Å². The van der Waals surface area contributed by atoms with Crippen molar-refractivity contribution in [2.24, 2.45) is 5.92 Å². The van der Waals surface area contributed by atoms with Gasteiger partial charge in [-0.25, -0.2) is 0 Å². The first-order chi connectivity index (χ1) is 9.78. The van der Waals surface area contributed by atoms with E-state index in [4.69, 9.17) is 4.74 Å². The smallest absolute Gasteiger partial charge is 0.0466 e. The quantitative estimate of drug-likeness (QED) is 0.645. The summed E-state index contributed by atoms with van der Waals surface area (Å²) in [4.78, 5) is 0. The van der Waals surface area contributed by atoms with Crippen LogP contribution < -0.4 is 5.32 Å². The van der Waals surface area contributed by atoms with Crippen LogP contribution >= 0.6 is 15.9 Å². The van der Waals surface area contributed by atoms with Crippen molar-refractivity contribution in [3.63, 3.8) is 0 Å². The summed E-state index contributed by atoms with van der Waals surface area (Å²) < 4.78 is 6.62. The van der Waals surface area contributed by atoms with Crippen molar-refractivity contribution in [2.75, 3.05) is 19.8 Å². The molecule has 0 saturated heterocycles. The zero-order chi connectivity index (χ0) is 14.2. The maximum atomic E-state index is 5.46. The average Bonchev–Trinajstić information content (AvgIpc) is 3.27. The summed E-state index contributed by atoms with van der Waals surface area (Å²) in [6.07, 6.45) is 6.31. The number of benzene rings is 1. The summed E-state index contributed by atoms with van der Waals surface area (Å²) in [5.74, 6) is 0.720. The number of hydrogen-bond acceptors (Lipinski definition) is 2. The van der Waals surface area contributed by atoms with Gasteiger partial charge in [0.2, 0.25) is 0 Å². The molecule has 0 aromatic heterocycles. The minimum atomic E-state index is 0.720. The Bertz CT molecular complexity index is 375. The topological polar surface area (TPSA) is 21.3 Å². The number of halogens is 1. The van der Waals surface area contributed by atoms with Gasteiger partial charge in [-0.1, -0.05) is 28.1 Å². The first-order valence-electron chi connectivity index (χ1n) is 7.83. The molecule has 0 aliphatic heterocycles. The monoisotopic (exact) mass is 339 g/mol. The fourth-order valence-electron chi connectivity index (χ4n) is 2.47. The van der Waals surface area contributed by atoms with E-state index in [0.717, 1.165) is 36.2 Å². The molecule has 1 N–H and O–H groups in total. The Labute approximate surface area is 131 Å². The molecule has 2 nitrogen and oxygen atoms in total. The van der Waals surface area contributed by atoms with E-state index in [9.17, 15) is 0 Å². The number of rotatable bonds is 10. The standard InChI is InChI=1S/C17H26BrNO/c1-2-20-11-3-4-15(13-19-17-9-10-17)12-14-5-7-16(18)8-6-14/h5-8,15,17,19H,2-4,9-13H2,1H3. The fourth-order valence-corrected chi connectivity index (χ4v) is 2.73. The van der Waals surface area contributed by atoms with Crippen molar-refractivity contribution in [1.29, 1.82) is 0 Å². The molecule has 0 amide bonds. The van der Waals surface area contributed by atoms with Gasteiger partial charge < -0.3 is 10.1 Å². The highest BCUT2D eigenvalue weighted by Crippen LogP contribution is 2.21. The van der Waals surface area contributed by atoms with Crippen LogP contribution in [0.1, 0.15) is 38.2 Å². The highest BCUT2D eigenvalue weighted by Gasteiger charge is 2.21. The van der Waals surface area contributed by atoms with Gasteiger partial charge in [-0.15, -0.1) is 0 Å². The molecular formula is C17H26BrNO. The van der Waals surface area contributed by atoms with Crippen LogP contribution in [0.15, 0.2) is 28.7 Å². The number of ether oxygens (including phenoxy) is 1. The molecule has 1 saturated carbocycles. The van der Waals surface area contributed by atoms with E-state index in [1.54, 1.807) is 0 Å². The molecule has 0 radical (unpaired) electrons. The van der Waals surface area contributed by atoms with Crippen LogP contribution in [-0.2, 0) is 11.2 Å². The zero-order valence-electron chi connectivity index (χ0n) is 12.4. The van der Waals surface area contributed by atoms with E-state index >= 15 is 0 Å². The third kappa shape index (κ3) is 6.38. The molecule has 1 unspecified atom stereocenters. The third-order valence-corrected chi connectivity index (χ3v) is 4.34. The Morgan fingerprint density at radius 2 is 2.05 bits per heavy atom. The van der Waals surface area contributed by atoms with Gasteiger partial charge in [0.15, 0.2) is 0 Å². The van der Waals surface area contributed by atoms with Crippen molar-refractivity contribution < 1.29 is 4.74 Å². The Hall–Kier alpha value is -0.380. The molecule has 1 aromatic carbocycles. The van der Waals surface area contributed by atoms with E-state index in [2.05, 4.69) is 52.4 Å². The first kappa shape index (κ1) is 16.0. The predicted octanol–water partition coefficient (Wildman–Crippen LogP) is 4.18. The Kier molecular flexibility index (Phi) is 7.05. The predicted molar refractivity (Wildman–Crippen MR) is 88.1 cm³/mol. The van der Waals surface area contributed by atoms with Crippen LogP contribution in [0, 0.1) is 5.92 Å². The van der Waals surface area contributed by atoms with Gasteiger partial charge in [-0.2, -0.15) is 0 Å². The van der Waals surface area contributed by atoms with Crippen LogP contribution in [-0.4, -0.2) is 25.8 Å². The molecule has 3 heteroatoms. The zero-order valence-corrected chi connectivity index (χ0v) is 14.0. The van der Waals surface area contributed by atoms with Gasteiger partial charge in [0, 0.05) is 23.7 Å². The van der Waals surface area contributed by atoms with Crippen LogP contribution in [0.4, 0.5) is 0 Å². The third-order valence-electron chi connectivity index (χ3n) is 3.82. The lowest BCUT2D eigenvalue weighted by Gasteiger charge is -2.18. The Morgan fingerprint density at radius 1 is 1.30 bits per heavy atom. The molecule has 0 spiro atoms. The van der Waals surface area contributed by atoms with Crippen LogP contribution in [0.2, 0.25) is 0 Å². The summed E-state index contributed by atoms with van der Waals surface area (Å²) in [5, 5.41) is 3.68. The van der Waals surface area contributed by atoms with E-state index in [0.29, 0.717) is 0 Å². The normalized spacial score (nSPS) is 16.3. The molecule has 1 aliphatic rings. The van der Waals surface area contributed by atoms with Crippen LogP contribution in [0.5, 0.6) is 0 Å². The molecule has 20 heavy (non-hydrogen) atoms. The van der Waals surface area contributed by atoms with Gasteiger partial charge in [0.1, 0.15) is 0 Å². The fraction of sp³-hybridized carbons (Fsp3) is 0.647. The Morgan fingerprint density at radius 3 is 2.70 bits per heavy atom. The summed E-state index contributed by atoms with van der Waals surface area (Å²) >= 11 is 3.50. The summed E-state index contributed by atoms with van der Waals surface area (Å²) in [7, 11) is 0. The molecule has 0 heterocycles. The second kappa shape index (κ2) is 8.81. The minimum Gasteiger partial charge on any atom is -0.382 e. The van der Waals surface area contributed by atoms with Gasteiger partial charge in [-0.3, -0.25) is 0 Å².